The number of carboxylic acids is 1. The predicted molar refractivity (Wildman–Crippen MR) is 78.4 cm³/mol. The molecule has 1 aromatic rings. The van der Waals surface area contributed by atoms with Crippen LogP contribution in [0.15, 0.2) is 12.1 Å². The minimum atomic E-state index is -1.06. The Bertz CT molecular complexity index is 626. The van der Waals surface area contributed by atoms with Crippen molar-refractivity contribution in [2.75, 3.05) is 4.90 Å². The number of rotatable bonds is 2. The molecule has 1 heterocycles. The first-order valence-corrected chi connectivity index (χ1v) is 6.83. The average Bonchev–Trinajstić information content (AvgIpc) is 2.30. The van der Waals surface area contributed by atoms with Crippen LogP contribution < -0.4 is 4.90 Å². The second-order valence-corrected chi connectivity index (χ2v) is 6.38. The van der Waals surface area contributed by atoms with Gasteiger partial charge in [0.15, 0.2) is 0 Å². The third-order valence-corrected chi connectivity index (χ3v) is 3.90. The molecule has 0 aromatic heterocycles. The van der Waals surface area contributed by atoms with Crippen LogP contribution in [-0.2, 0) is 9.59 Å². The summed E-state index contributed by atoms with van der Waals surface area (Å²) in [6.45, 7) is 7.24. The predicted octanol–water partition coefficient (Wildman–Crippen LogP) is 2.68. The molecule has 5 heteroatoms. The van der Waals surface area contributed by atoms with E-state index < -0.39 is 5.97 Å². The Morgan fingerprint density at radius 2 is 1.67 bits per heavy atom. The number of benzene rings is 1. The maximum atomic E-state index is 12.3. The zero-order valence-corrected chi connectivity index (χ0v) is 12.7. The Labute approximate surface area is 123 Å². The van der Waals surface area contributed by atoms with Crippen molar-refractivity contribution in [3.8, 4) is 0 Å². The monoisotopic (exact) mass is 289 g/mol. The largest absolute Gasteiger partial charge is 0.478 e. The van der Waals surface area contributed by atoms with Gasteiger partial charge in [0.2, 0.25) is 11.8 Å². The van der Waals surface area contributed by atoms with Gasteiger partial charge in [-0.1, -0.05) is 13.8 Å². The molecule has 1 aliphatic heterocycles. The first kappa shape index (κ1) is 15.2. The lowest BCUT2D eigenvalue weighted by Crippen LogP contribution is -2.46. The van der Waals surface area contributed by atoms with Crippen LogP contribution in [0.25, 0.3) is 0 Å². The van der Waals surface area contributed by atoms with Crippen molar-refractivity contribution in [2.45, 2.75) is 40.5 Å². The highest BCUT2D eigenvalue weighted by atomic mass is 16.4. The Kier molecular flexibility index (Phi) is 3.61. The van der Waals surface area contributed by atoms with Crippen LogP contribution >= 0.6 is 0 Å². The molecule has 1 saturated heterocycles. The Hall–Kier alpha value is -2.17. The first-order valence-electron chi connectivity index (χ1n) is 6.83. The fraction of sp³-hybridized carbons (Fsp3) is 0.438. The number of imide groups is 1. The molecule has 1 aromatic carbocycles. The van der Waals surface area contributed by atoms with Gasteiger partial charge in [-0.2, -0.15) is 0 Å². The summed E-state index contributed by atoms with van der Waals surface area (Å²) >= 11 is 0. The van der Waals surface area contributed by atoms with Crippen LogP contribution in [0.3, 0.4) is 0 Å². The number of aromatic carboxylic acids is 1. The second kappa shape index (κ2) is 4.98. The molecular weight excluding hydrogens is 270 g/mol. The van der Waals surface area contributed by atoms with Gasteiger partial charge in [-0.05, 0) is 42.5 Å². The molecule has 0 saturated carbocycles. The summed E-state index contributed by atoms with van der Waals surface area (Å²) in [5.41, 5.74) is 1.51. The van der Waals surface area contributed by atoms with E-state index in [1.165, 1.54) is 6.07 Å². The molecule has 112 valence electrons. The summed E-state index contributed by atoms with van der Waals surface area (Å²) in [5, 5.41) is 9.24. The highest BCUT2D eigenvalue weighted by Gasteiger charge is 2.38. The Morgan fingerprint density at radius 1 is 1.14 bits per heavy atom. The number of hydrogen-bond acceptors (Lipinski definition) is 3. The standard InChI is InChI=1S/C16H19NO4/c1-9-5-11(6-12(10(9)2)15(20)21)17-13(18)7-16(3,4)8-14(17)19/h5-6H,7-8H2,1-4H3,(H,20,21). The highest BCUT2D eigenvalue weighted by Crippen LogP contribution is 2.35. The number of carboxylic acid groups (broad SMARTS) is 1. The van der Waals surface area contributed by atoms with Crippen LogP contribution in [0, 0.1) is 19.3 Å². The van der Waals surface area contributed by atoms with Crippen LogP contribution in [0.4, 0.5) is 5.69 Å². The smallest absolute Gasteiger partial charge is 0.336 e. The quantitative estimate of drug-likeness (QED) is 0.849. The first-order chi connectivity index (χ1) is 9.62. The lowest BCUT2D eigenvalue weighted by atomic mass is 9.81. The Morgan fingerprint density at radius 3 is 2.14 bits per heavy atom. The molecule has 0 aliphatic carbocycles. The van der Waals surface area contributed by atoms with Crippen LogP contribution in [0.2, 0.25) is 0 Å². The van der Waals surface area contributed by atoms with Crippen LogP contribution in [0.1, 0.15) is 48.2 Å². The second-order valence-electron chi connectivity index (χ2n) is 6.38. The summed E-state index contributed by atoms with van der Waals surface area (Å²) in [6, 6.07) is 3.09. The average molecular weight is 289 g/mol. The van der Waals surface area contributed by atoms with Gasteiger partial charge in [0.25, 0.3) is 0 Å². The number of amides is 2. The summed E-state index contributed by atoms with van der Waals surface area (Å²) in [5.74, 6) is -1.62. The van der Waals surface area contributed by atoms with Gasteiger partial charge in [-0.3, -0.25) is 14.5 Å². The number of carbonyl (C=O) groups excluding carboxylic acids is 2. The SMILES string of the molecule is Cc1cc(N2C(=O)CC(C)(C)CC2=O)cc(C(=O)O)c1C. The molecule has 1 N–H and O–H groups in total. The van der Waals surface area contributed by atoms with Crippen molar-refractivity contribution < 1.29 is 19.5 Å². The van der Waals surface area contributed by atoms with E-state index in [9.17, 15) is 19.5 Å². The molecule has 0 radical (unpaired) electrons. The van der Waals surface area contributed by atoms with Crippen molar-refractivity contribution >= 4 is 23.5 Å². The lowest BCUT2D eigenvalue weighted by Gasteiger charge is -2.35. The van der Waals surface area contributed by atoms with E-state index in [-0.39, 0.29) is 35.6 Å². The van der Waals surface area contributed by atoms with Crippen LogP contribution in [-0.4, -0.2) is 22.9 Å². The van der Waals surface area contributed by atoms with Gasteiger partial charge in [-0.25, -0.2) is 4.79 Å². The minimum absolute atomic E-state index is 0.121. The van der Waals surface area contributed by atoms with Crippen molar-refractivity contribution in [1.29, 1.82) is 0 Å². The van der Waals surface area contributed by atoms with Crippen molar-refractivity contribution in [1.82, 2.24) is 0 Å². The van der Waals surface area contributed by atoms with Gasteiger partial charge in [0, 0.05) is 12.8 Å². The summed E-state index contributed by atoms with van der Waals surface area (Å²) in [4.78, 5) is 36.9. The maximum Gasteiger partial charge on any atom is 0.336 e. The van der Waals surface area contributed by atoms with E-state index in [2.05, 4.69) is 0 Å². The highest BCUT2D eigenvalue weighted by molar-refractivity contribution is 6.17. The summed E-state index contributed by atoms with van der Waals surface area (Å²) in [7, 11) is 0. The molecule has 2 amide bonds. The van der Waals surface area contributed by atoms with E-state index in [1.807, 2.05) is 13.8 Å². The molecule has 2 rings (SSSR count). The van der Waals surface area contributed by atoms with Gasteiger partial charge in [0.1, 0.15) is 0 Å². The van der Waals surface area contributed by atoms with Gasteiger partial charge >= 0.3 is 5.97 Å². The molecule has 1 fully saturated rings. The van der Waals surface area contributed by atoms with E-state index in [0.29, 0.717) is 11.3 Å². The normalized spacial score (nSPS) is 18.0. The molecule has 0 unspecified atom stereocenters. The third-order valence-electron chi connectivity index (χ3n) is 3.90. The number of anilines is 1. The van der Waals surface area contributed by atoms with Gasteiger partial charge < -0.3 is 5.11 Å². The van der Waals surface area contributed by atoms with Crippen molar-refractivity contribution in [3.63, 3.8) is 0 Å². The number of carbonyl (C=O) groups is 3. The fourth-order valence-electron chi connectivity index (χ4n) is 2.66. The topological polar surface area (TPSA) is 74.7 Å². The van der Waals surface area contributed by atoms with E-state index in [1.54, 1.807) is 19.9 Å². The van der Waals surface area contributed by atoms with E-state index in [4.69, 9.17) is 0 Å². The molecule has 0 spiro atoms. The fourth-order valence-corrected chi connectivity index (χ4v) is 2.66. The minimum Gasteiger partial charge on any atom is -0.478 e. The molecule has 1 aliphatic rings. The number of aryl methyl sites for hydroxylation is 1. The number of piperidine rings is 1. The molecule has 21 heavy (non-hydrogen) atoms. The van der Waals surface area contributed by atoms with Crippen LogP contribution in [0.5, 0.6) is 0 Å². The Balaban J connectivity index is 2.50. The zero-order valence-electron chi connectivity index (χ0n) is 12.7. The zero-order chi connectivity index (χ0) is 15.9. The van der Waals surface area contributed by atoms with E-state index in [0.717, 1.165) is 10.5 Å². The molecule has 0 bridgehead atoms. The van der Waals surface area contributed by atoms with Crippen molar-refractivity contribution in [2.24, 2.45) is 5.41 Å². The number of nitrogens with zero attached hydrogens (tertiary/aromatic N) is 1. The summed E-state index contributed by atoms with van der Waals surface area (Å²) in [6.07, 6.45) is 0.544. The van der Waals surface area contributed by atoms with Crippen molar-refractivity contribution in [3.05, 3.63) is 28.8 Å². The maximum absolute atomic E-state index is 12.3. The van der Waals surface area contributed by atoms with Gasteiger partial charge in [0.05, 0.1) is 11.3 Å². The third kappa shape index (κ3) is 2.82. The molecule has 5 nitrogen and oxygen atoms in total. The summed E-state index contributed by atoms with van der Waals surface area (Å²) < 4.78 is 0. The molecule has 0 atom stereocenters. The van der Waals surface area contributed by atoms with E-state index >= 15 is 0 Å². The lowest BCUT2D eigenvalue weighted by molar-refractivity contribution is -0.132. The number of hydrogen-bond donors (Lipinski definition) is 1. The molecular formula is C16H19NO4. The van der Waals surface area contributed by atoms with Gasteiger partial charge in [-0.15, -0.1) is 0 Å².